The maximum atomic E-state index is 13.9. The van der Waals surface area contributed by atoms with E-state index in [1.54, 1.807) is 19.9 Å². The minimum atomic E-state index is -1.55. The van der Waals surface area contributed by atoms with Gasteiger partial charge in [-0.3, -0.25) is 19.2 Å². The molecule has 4 aliphatic rings. The van der Waals surface area contributed by atoms with Gasteiger partial charge in [0.15, 0.2) is 18.0 Å². The van der Waals surface area contributed by atoms with Crippen LogP contribution < -0.4 is 0 Å². The lowest BCUT2D eigenvalue weighted by atomic mass is 9.46. The molecule has 36 heavy (non-hydrogen) atoms. The quantitative estimate of drug-likeness (QED) is 0.319. The predicted molar refractivity (Wildman–Crippen MR) is 133 cm³/mol. The minimum Gasteiger partial charge on any atom is -0.457 e. The van der Waals surface area contributed by atoms with Crippen molar-refractivity contribution in [2.45, 2.75) is 89.7 Å². The number of Topliss-reactive ketones (excluding diaryl/α,β-unsaturated/α-hetero) is 1. The second-order valence-corrected chi connectivity index (χ2v) is 12.0. The lowest BCUT2D eigenvalue weighted by Crippen LogP contribution is -2.69. The molecule has 4 rings (SSSR count). The first-order valence-corrected chi connectivity index (χ1v) is 13.4. The van der Waals surface area contributed by atoms with Crippen LogP contribution in [-0.4, -0.2) is 51.8 Å². The van der Waals surface area contributed by atoms with Crippen LogP contribution in [0.1, 0.15) is 73.1 Å². The van der Waals surface area contributed by atoms with Gasteiger partial charge in [-0.1, -0.05) is 52.3 Å². The van der Waals surface area contributed by atoms with E-state index in [0.29, 0.717) is 12.8 Å². The molecule has 0 aromatic rings. The van der Waals surface area contributed by atoms with Gasteiger partial charge in [-0.25, -0.2) is 0 Å². The lowest BCUT2D eigenvalue weighted by Gasteiger charge is -2.63. The Morgan fingerprint density at radius 1 is 1.14 bits per heavy atom. The molecular weight excluding hydrogens is 484 g/mol. The van der Waals surface area contributed by atoms with E-state index in [2.05, 4.69) is 6.08 Å². The van der Waals surface area contributed by atoms with Gasteiger partial charge < -0.3 is 14.6 Å². The monoisotopic (exact) mass is 520 g/mol. The Morgan fingerprint density at radius 2 is 1.81 bits per heavy atom. The number of aliphatic hydroxyl groups excluding tert-OH is 1. The van der Waals surface area contributed by atoms with Gasteiger partial charge in [0.25, 0.3) is 0 Å². The molecule has 0 bridgehead atoms. The van der Waals surface area contributed by atoms with Crippen molar-refractivity contribution in [1.82, 2.24) is 0 Å². The highest BCUT2D eigenvalue weighted by Gasteiger charge is 2.76. The number of esters is 2. The van der Waals surface area contributed by atoms with Crippen molar-refractivity contribution in [2.75, 3.05) is 6.61 Å². The first kappa shape index (κ1) is 27.1. The number of hydrogen-bond donors (Lipinski definition) is 1. The van der Waals surface area contributed by atoms with Gasteiger partial charge in [-0.2, -0.15) is 0 Å². The number of hydrogen-bond acceptors (Lipinski definition) is 7. The summed E-state index contributed by atoms with van der Waals surface area (Å²) < 4.78 is 11.3. The fourth-order valence-corrected chi connectivity index (χ4v) is 8.41. The van der Waals surface area contributed by atoms with E-state index in [1.807, 2.05) is 26.8 Å². The molecule has 0 amide bonds. The minimum absolute atomic E-state index is 0.0137. The molecule has 0 radical (unpaired) electrons. The van der Waals surface area contributed by atoms with Crippen LogP contribution in [0.3, 0.4) is 0 Å². The fourth-order valence-electron chi connectivity index (χ4n) is 7.91. The van der Waals surface area contributed by atoms with Crippen LogP contribution in [0.2, 0.25) is 0 Å². The summed E-state index contributed by atoms with van der Waals surface area (Å²) in [5.41, 5.74) is -2.28. The maximum Gasteiger partial charge on any atom is 0.306 e. The van der Waals surface area contributed by atoms with Crippen molar-refractivity contribution >= 4 is 35.1 Å². The van der Waals surface area contributed by atoms with Crippen molar-refractivity contribution in [2.24, 2.45) is 28.6 Å². The highest BCUT2D eigenvalue weighted by atomic mass is 35.5. The Morgan fingerprint density at radius 3 is 2.44 bits per heavy atom. The van der Waals surface area contributed by atoms with E-state index in [-0.39, 0.29) is 49.2 Å². The Bertz CT molecular complexity index is 1050. The van der Waals surface area contributed by atoms with Crippen molar-refractivity contribution in [3.63, 3.8) is 0 Å². The second kappa shape index (κ2) is 9.09. The molecule has 0 saturated heterocycles. The molecule has 1 N–H and O–H groups in total. The van der Waals surface area contributed by atoms with E-state index in [1.165, 1.54) is 0 Å². The summed E-state index contributed by atoms with van der Waals surface area (Å²) in [5, 5.41) is 11.8. The van der Waals surface area contributed by atoms with Crippen LogP contribution in [0, 0.1) is 28.6 Å². The number of allylic oxidation sites excluding steroid dienone is 4. The van der Waals surface area contributed by atoms with Gasteiger partial charge in [0, 0.05) is 36.0 Å². The zero-order valence-electron chi connectivity index (χ0n) is 21.8. The Labute approximate surface area is 217 Å². The van der Waals surface area contributed by atoms with Crippen LogP contribution >= 0.6 is 11.6 Å². The number of carbonyl (C=O) groups is 4. The van der Waals surface area contributed by atoms with Crippen LogP contribution in [0.15, 0.2) is 23.8 Å². The fraction of sp³-hybridized carbons (Fsp3) is 0.714. The Balaban J connectivity index is 1.81. The molecule has 2 fully saturated rings. The van der Waals surface area contributed by atoms with E-state index < -0.39 is 51.7 Å². The van der Waals surface area contributed by atoms with Gasteiger partial charge in [0.1, 0.15) is 0 Å². The zero-order chi connectivity index (χ0) is 26.7. The molecule has 0 spiro atoms. The van der Waals surface area contributed by atoms with Gasteiger partial charge in [-0.05, 0) is 37.2 Å². The van der Waals surface area contributed by atoms with E-state index in [0.717, 1.165) is 5.57 Å². The third kappa shape index (κ3) is 3.48. The number of aliphatic hydroxyl groups is 1. The Hall–Kier alpha value is -1.99. The maximum absolute atomic E-state index is 13.9. The highest BCUT2D eigenvalue weighted by Crippen LogP contribution is 2.71. The van der Waals surface area contributed by atoms with Crippen molar-refractivity contribution in [3.05, 3.63) is 23.8 Å². The highest BCUT2D eigenvalue weighted by molar-refractivity contribution is 6.26. The number of ether oxygens (including phenoxy) is 2. The van der Waals surface area contributed by atoms with Crippen molar-refractivity contribution < 1.29 is 33.8 Å². The molecule has 2 saturated carbocycles. The summed E-state index contributed by atoms with van der Waals surface area (Å²) in [7, 11) is 0. The molecule has 8 heteroatoms. The standard InChI is InChI=1S/C28H37ClO7/c1-6-23(33)35-15-22(32)28(36-24(34)7-2)16(3)12-20-19-9-8-17-13-18(30)10-11-25(17,4)27(19,29)21(31)14-26(20,28)5/h8,10-11,16,19-21,31H,6-7,9,12-15H2,1-5H3/t16-,19-,20-,21-,25-,26-,27-,28-/m0/s1. The average Bonchev–Trinajstić information content (AvgIpc) is 3.05. The SMILES string of the molecule is CCC(=O)OCC(=O)[C@@]1(OC(=O)CC)[C@@H](C)C[C@H]2[C@@H]3CC=C4CC(=O)C=C[C@]4(C)[C@@]3(Cl)[C@@H](O)C[C@@]21C. The summed E-state index contributed by atoms with van der Waals surface area (Å²) >= 11 is 7.48. The number of alkyl halides is 1. The molecule has 4 aliphatic carbocycles. The number of ketones is 2. The molecule has 8 atom stereocenters. The summed E-state index contributed by atoms with van der Waals surface area (Å²) in [6.45, 7) is 8.60. The predicted octanol–water partition coefficient (Wildman–Crippen LogP) is 4.09. The van der Waals surface area contributed by atoms with Crippen LogP contribution in [0.25, 0.3) is 0 Å². The number of carbonyl (C=O) groups excluding carboxylic acids is 4. The number of fused-ring (bicyclic) bond motifs is 5. The molecular formula is C28H37ClO7. The van der Waals surface area contributed by atoms with E-state index in [9.17, 15) is 24.3 Å². The molecule has 198 valence electrons. The molecule has 0 aliphatic heterocycles. The molecule has 7 nitrogen and oxygen atoms in total. The lowest BCUT2D eigenvalue weighted by molar-refractivity contribution is -0.202. The first-order valence-electron chi connectivity index (χ1n) is 13.0. The summed E-state index contributed by atoms with van der Waals surface area (Å²) in [6.07, 6.45) is 6.16. The normalized spacial score (nSPS) is 43.1. The third-order valence-corrected chi connectivity index (χ3v) is 10.7. The summed E-state index contributed by atoms with van der Waals surface area (Å²) in [4.78, 5) is 49.5. The Kier molecular flexibility index (Phi) is 6.83. The topological polar surface area (TPSA) is 107 Å². The first-order chi connectivity index (χ1) is 16.8. The molecule has 0 aromatic heterocycles. The molecule has 0 aromatic carbocycles. The van der Waals surface area contributed by atoms with Gasteiger partial charge in [-0.15, -0.1) is 11.6 Å². The molecule has 0 unspecified atom stereocenters. The smallest absolute Gasteiger partial charge is 0.306 e. The second-order valence-electron chi connectivity index (χ2n) is 11.4. The van der Waals surface area contributed by atoms with Gasteiger partial charge >= 0.3 is 11.9 Å². The zero-order valence-corrected chi connectivity index (χ0v) is 22.5. The summed E-state index contributed by atoms with van der Waals surface area (Å²) in [6, 6.07) is 0. The van der Waals surface area contributed by atoms with Crippen molar-refractivity contribution in [1.29, 1.82) is 0 Å². The van der Waals surface area contributed by atoms with Crippen LogP contribution in [0.5, 0.6) is 0 Å². The number of rotatable bonds is 6. The third-order valence-electron chi connectivity index (χ3n) is 9.78. The van der Waals surface area contributed by atoms with Crippen molar-refractivity contribution in [3.8, 4) is 0 Å². The molecule has 0 heterocycles. The van der Waals surface area contributed by atoms with E-state index in [4.69, 9.17) is 21.1 Å². The van der Waals surface area contributed by atoms with Crippen LogP contribution in [0.4, 0.5) is 0 Å². The number of halogens is 1. The van der Waals surface area contributed by atoms with E-state index >= 15 is 0 Å². The van der Waals surface area contributed by atoms with Gasteiger partial charge in [0.2, 0.25) is 5.78 Å². The largest absolute Gasteiger partial charge is 0.457 e. The van der Waals surface area contributed by atoms with Crippen LogP contribution in [-0.2, 0) is 28.7 Å². The summed E-state index contributed by atoms with van der Waals surface area (Å²) in [5.74, 6) is -2.21. The van der Waals surface area contributed by atoms with Gasteiger partial charge in [0.05, 0.1) is 11.0 Å². The average molecular weight is 521 g/mol.